The third-order valence-electron chi connectivity index (χ3n) is 16.9. The van der Waals surface area contributed by atoms with Gasteiger partial charge in [-0.1, -0.05) is 387 Å². The van der Waals surface area contributed by atoms with Crippen molar-refractivity contribution in [3.8, 4) is 0 Å². The predicted octanol–water partition coefficient (Wildman–Crippen LogP) is 24.6. The van der Waals surface area contributed by atoms with E-state index >= 15 is 0 Å². The molecule has 0 rings (SSSR count). The number of esters is 3. The van der Waals surface area contributed by atoms with E-state index in [0.717, 1.165) is 57.8 Å². The van der Waals surface area contributed by atoms with Crippen molar-refractivity contribution in [2.24, 2.45) is 0 Å². The van der Waals surface area contributed by atoms with E-state index in [1.54, 1.807) is 0 Å². The molecule has 6 heteroatoms. The Labute approximate surface area is 488 Å². The Bertz CT molecular complexity index is 1170. The number of rotatable bonds is 68. The summed E-state index contributed by atoms with van der Waals surface area (Å²) in [5.74, 6) is -0.822. The van der Waals surface area contributed by atoms with E-state index in [2.05, 4.69) is 20.8 Å². The van der Waals surface area contributed by atoms with Crippen molar-refractivity contribution in [1.82, 2.24) is 0 Å². The van der Waals surface area contributed by atoms with Crippen molar-refractivity contribution >= 4 is 17.9 Å². The summed E-state index contributed by atoms with van der Waals surface area (Å²) in [6.45, 7) is 6.73. The van der Waals surface area contributed by atoms with Crippen LogP contribution in [-0.2, 0) is 28.6 Å². The lowest BCUT2D eigenvalue weighted by Crippen LogP contribution is -2.30. The van der Waals surface area contributed by atoms with Crippen LogP contribution < -0.4 is 0 Å². The molecule has 0 spiro atoms. The second kappa shape index (κ2) is 67.9. The Morgan fingerprint density at radius 2 is 0.346 bits per heavy atom. The quantitative estimate of drug-likeness (QED) is 0.0343. The van der Waals surface area contributed by atoms with Crippen molar-refractivity contribution in [1.29, 1.82) is 0 Å². The van der Waals surface area contributed by atoms with Gasteiger partial charge in [-0.2, -0.15) is 0 Å². The maximum atomic E-state index is 12.9. The lowest BCUT2D eigenvalue weighted by atomic mass is 10.0. The molecule has 0 aliphatic carbocycles. The smallest absolute Gasteiger partial charge is 0.306 e. The Kier molecular flexibility index (Phi) is 66.5. The number of carbonyl (C=O) groups is 3. The summed E-state index contributed by atoms with van der Waals surface area (Å²) in [6.07, 6.45) is 80.1. The highest BCUT2D eigenvalue weighted by Crippen LogP contribution is 2.20. The predicted molar refractivity (Wildman–Crippen MR) is 340 cm³/mol. The minimum atomic E-state index is -0.763. The van der Waals surface area contributed by atoms with Gasteiger partial charge in [0.2, 0.25) is 0 Å². The molecule has 0 aliphatic heterocycles. The average molecular weight is 1100 g/mol. The lowest BCUT2D eigenvalue weighted by molar-refractivity contribution is -0.167. The summed E-state index contributed by atoms with van der Waals surface area (Å²) in [5, 5.41) is 0. The van der Waals surface area contributed by atoms with Crippen molar-refractivity contribution in [3.63, 3.8) is 0 Å². The monoisotopic (exact) mass is 1100 g/mol. The first-order valence-electron chi connectivity index (χ1n) is 36.0. The van der Waals surface area contributed by atoms with Gasteiger partial charge in [0.25, 0.3) is 0 Å². The average Bonchev–Trinajstić information content (AvgIpc) is 3.44. The second-order valence-electron chi connectivity index (χ2n) is 24.9. The number of hydrogen-bond donors (Lipinski definition) is 0. The summed E-state index contributed by atoms with van der Waals surface area (Å²) in [7, 11) is 0. The van der Waals surface area contributed by atoms with E-state index in [0.29, 0.717) is 19.3 Å². The number of ether oxygens (including phenoxy) is 3. The first-order valence-corrected chi connectivity index (χ1v) is 36.0. The molecule has 0 aromatic heterocycles. The fourth-order valence-electron chi connectivity index (χ4n) is 11.5. The zero-order valence-electron chi connectivity index (χ0n) is 53.5. The Morgan fingerprint density at radius 3 is 0.513 bits per heavy atom. The van der Waals surface area contributed by atoms with E-state index in [-0.39, 0.29) is 31.1 Å². The largest absolute Gasteiger partial charge is 0.462 e. The Hall–Kier alpha value is -1.59. The van der Waals surface area contributed by atoms with Crippen LogP contribution in [0, 0.1) is 0 Å². The fourth-order valence-corrected chi connectivity index (χ4v) is 11.5. The normalized spacial score (nSPS) is 11.9. The number of hydrogen-bond acceptors (Lipinski definition) is 6. The van der Waals surface area contributed by atoms with Crippen LogP contribution in [0.4, 0.5) is 0 Å². The van der Waals surface area contributed by atoms with Crippen LogP contribution in [0.3, 0.4) is 0 Å². The molecule has 0 radical (unpaired) electrons. The molecule has 0 aromatic carbocycles. The van der Waals surface area contributed by atoms with Crippen molar-refractivity contribution < 1.29 is 28.6 Å². The van der Waals surface area contributed by atoms with Gasteiger partial charge in [-0.3, -0.25) is 14.4 Å². The van der Waals surface area contributed by atoms with Crippen LogP contribution in [-0.4, -0.2) is 37.2 Å². The van der Waals surface area contributed by atoms with Crippen LogP contribution in [0.25, 0.3) is 0 Å². The number of unbranched alkanes of at least 4 members (excludes halogenated alkanes) is 57. The van der Waals surface area contributed by atoms with Gasteiger partial charge in [0.05, 0.1) is 0 Å². The molecular formula is C72H140O6. The molecule has 0 aliphatic rings. The van der Waals surface area contributed by atoms with E-state index in [1.807, 2.05) is 0 Å². The van der Waals surface area contributed by atoms with E-state index in [9.17, 15) is 14.4 Å². The zero-order chi connectivity index (χ0) is 56.4. The molecule has 0 aromatic rings. The van der Waals surface area contributed by atoms with Crippen molar-refractivity contribution in [3.05, 3.63) is 0 Å². The summed E-state index contributed by atoms with van der Waals surface area (Å²) in [5.41, 5.74) is 0. The van der Waals surface area contributed by atoms with Crippen LogP contribution in [0.2, 0.25) is 0 Å². The van der Waals surface area contributed by atoms with Gasteiger partial charge in [-0.15, -0.1) is 0 Å². The molecule has 0 saturated heterocycles. The molecule has 1 atom stereocenters. The van der Waals surface area contributed by atoms with E-state index < -0.39 is 6.10 Å². The first-order chi connectivity index (χ1) is 38.5. The minimum absolute atomic E-state index is 0.0604. The number of carbonyl (C=O) groups excluding carboxylic acids is 3. The van der Waals surface area contributed by atoms with Gasteiger partial charge in [0.15, 0.2) is 6.10 Å². The Balaban J connectivity index is 4.11. The molecule has 0 fully saturated rings. The molecule has 0 heterocycles. The molecule has 78 heavy (non-hydrogen) atoms. The van der Waals surface area contributed by atoms with Gasteiger partial charge in [-0.05, 0) is 19.3 Å². The van der Waals surface area contributed by atoms with Gasteiger partial charge < -0.3 is 14.2 Å². The molecular weight excluding hydrogens is 961 g/mol. The highest BCUT2D eigenvalue weighted by atomic mass is 16.6. The molecule has 0 bridgehead atoms. The van der Waals surface area contributed by atoms with Crippen LogP contribution in [0.5, 0.6) is 0 Å². The van der Waals surface area contributed by atoms with Gasteiger partial charge in [0.1, 0.15) is 13.2 Å². The topological polar surface area (TPSA) is 78.9 Å². The molecule has 464 valence electrons. The summed E-state index contributed by atoms with van der Waals surface area (Å²) in [6, 6.07) is 0. The van der Waals surface area contributed by atoms with Crippen molar-refractivity contribution in [2.45, 2.75) is 431 Å². The lowest BCUT2D eigenvalue weighted by Gasteiger charge is -2.18. The van der Waals surface area contributed by atoms with E-state index in [1.165, 1.54) is 327 Å². The van der Waals surface area contributed by atoms with E-state index in [4.69, 9.17) is 14.2 Å². The van der Waals surface area contributed by atoms with Gasteiger partial charge >= 0.3 is 17.9 Å². The fraction of sp³-hybridized carbons (Fsp3) is 0.958. The van der Waals surface area contributed by atoms with Gasteiger partial charge in [0, 0.05) is 19.3 Å². The second-order valence-corrected chi connectivity index (χ2v) is 24.9. The standard InChI is InChI=1S/C72H140O6/c1-4-7-10-13-16-19-22-24-26-28-30-32-33-34-35-36-37-38-40-41-43-45-47-50-53-56-59-62-65-71(74)77-68-69(67-76-70(73)64-61-58-55-52-49-21-18-15-12-9-6-3)78-72(75)66-63-60-57-54-51-48-46-44-42-39-31-29-27-25-23-20-17-14-11-8-5-2/h69H,4-68H2,1-3H3. The highest BCUT2D eigenvalue weighted by Gasteiger charge is 2.20. The third-order valence-corrected chi connectivity index (χ3v) is 16.9. The third kappa shape index (κ3) is 65.2. The van der Waals surface area contributed by atoms with Crippen LogP contribution in [0.1, 0.15) is 425 Å². The molecule has 0 N–H and O–H groups in total. The summed E-state index contributed by atoms with van der Waals surface area (Å²) >= 11 is 0. The Morgan fingerprint density at radius 1 is 0.205 bits per heavy atom. The zero-order valence-corrected chi connectivity index (χ0v) is 53.5. The molecule has 0 amide bonds. The van der Waals surface area contributed by atoms with Crippen LogP contribution in [0.15, 0.2) is 0 Å². The minimum Gasteiger partial charge on any atom is -0.462 e. The SMILES string of the molecule is CCCCCCCCCCCCCCCCCCCCCCCCCCCCCCC(=O)OCC(COC(=O)CCCCCCCCCCCCC)OC(=O)CCCCCCCCCCCCCCCCCCCCCCC. The summed E-state index contributed by atoms with van der Waals surface area (Å²) < 4.78 is 17.0. The highest BCUT2D eigenvalue weighted by molar-refractivity contribution is 5.71. The summed E-state index contributed by atoms with van der Waals surface area (Å²) in [4.78, 5) is 38.4. The maximum absolute atomic E-state index is 12.9. The molecule has 0 saturated carbocycles. The van der Waals surface area contributed by atoms with Crippen molar-refractivity contribution in [2.75, 3.05) is 13.2 Å². The van der Waals surface area contributed by atoms with Crippen LogP contribution >= 0.6 is 0 Å². The van der Waals surface area contributed by atoms with Gasteiger partial charge in [-0.25, -0.2) is 0 Å². The molecule has 1 unspecified atom stereocenters. The molecule has 6 nitrogen and oxygen atoms in total. The maximum Gasteiger partial charge on any atom is 0.306 e. The first kappa shape index (κ1) is 76.4.